The summed E-state index contributed by atoms with van der Waals surface area (Å²) in [5.41, 5.74) is 0. The molecular weight excluding hydrogens is 244 g/mol. The van der Waals surface area contributed by atoms with Crippen molar-refractivity contribution in [2.24, 2.45) is 0 Å². The lowest BCUT2D eigenvalue weighted by molar-refractivity contribution is -0.133. The van der Waals surface area contributed by atoms with Crippen LogP contribution in [0.4, 0.5) is 0 Å². The molecule has 0 radical (unpaired) electrons. The largest absolute Gasteiger partial charge is 0.378 e. The van der Waals surface area contributed by atoms with Crippen LogP contribution in [0.2, 0.25) is 0 Å². The van der Waals surface area contributed by atoms with Crippen molar-refractivity contribution in [2.75, 3.05) is 39.4 Å². The van der Waals surface area contributed by atoms with Gasteiger partial charge in [0.25, 0.3) is 0 Å². The summed E-state index contributed by atoms with van der Waals surface area (Å²) >= 11 is 0. The first-order chi connectivity index (χ1) is 8.61. The average Bonchev–Trinajstić information content (AvgIpc) is 2.41. The number of rotatable bonds is 0. The Kier molecular flexibility index (Phi) is 9.21. The minimum atomic E-state index is 0. The SMILES string of the molecule is C.CC(=O)N1CCCCC1.CC(=O)N1CCOCC1. The molecule has 0 N–H and O–H groups in total. The summed E-state index contributed by atoms with van der Waals surface area (Å²) in [6, 6.07) is 0. The van der Waals surface area contributed by atoms with Crippen molar-refractivity contribution in [1.29, 1.82) is 0 Å². The predicted octanol–water partition coefficient (Wildman–Crippen LogP) is 1.52. The zero-order valence-corrected chi connectivity index (χ0v) is 11.5. The second kappa shape index (κ2) is 9.78. The van der Waals surface area contributed by atoms with E-state index in [1.165, 1.54) is 19.3 Å². The fraction of sp³-hybridized carbons (Fsp3) is 0.857. The minimum Gasteiger partial charge on any atom is -0.378 e. The summed E-state index contributed by atoms with van der Waals surface area (Å²) in [7, 11) is 0. The number of carbonyl (C=O) groups is 2. The maximum Gasteiger partial charge on any atom is 0.219 e. The third-order valence-corrected chi connectivity index (χ3v) is 3.26. The smallest absolute Gasteiger partial charge is 0.219 e. The van der Waals surface area contributed by atoms with E-state index in [-0.39, 0.29) is 19.2 Å². The van der Waals surface area contributed by atoms with E-state index in [1.807, 2.05) is 4.90 Å². The molecule has 5 nitrogen and oxygen atoms in total. The molecule has 2 aliphatic heterocycles. The van der Waals surface area contributed by atoms with Gasteiger partial charge in [0, 0.05) is 40.0 Å². The summed E-state index contributed by atoms with van der Waals surface area (Å²) in [5, 5.41) is 0. The molecule has 0 aromatic carbocycles. The van der Waals surface area contributed by atoms with Crippen LogP contribution in [-0.4, -0.2) is 61.0 Å². The van der Waals surface area contributed by atoms with Gasteiger partial charge in [0.2, 0.25) is 11.8 Å². The number of nitrogens with zero attached hydrogens (tertiary/aromatic N) is 2. The third-order valence-electron chi connectivity index (χ3n) is 3.26. The maximum atomic E-state index is 10.7. The Morgan fingerprint density at radius 3 is 1.53 bits per heavy atom. The Labute approximate surface area is 116 Å². The molecule has 2 rings (SSSR count). The van der Waals surface area contributed by atoms with Gasteiger partial charge in [-0.2, -0.15) is 0 Å². The number of hydrogen-bond donors (Lipinski definition) is 0. The molecule has 0 aromatic heterocycles. The first-order valence-electron chi connectivity index (χ1n) is 6.70. The van der Waals surface area contributed by atoms with Gasteiger partial charge in [0.05, 0.1) is 13.2 Å². The first-order valence-corrected chi connectivity index (χ1v) is 6.70. The van der Waals surface area contributed by atoms with E-state index in [2.05, 4.69) is 0 Å². The van der Waals surface area contributed by atoms with Crippen LogP contribution in [0.25, 0.3) is 0 Å². The highest BCUT2D eigenvalue weighted by molar-refractivity contribution is 5.73. The fourth-order valence-corrected chi connectivity index (χ4v) is 2.09. The highest BCUT2D eigenvalue weighted by Crippen LogP contribution is 2.07. The molecule has 0 saturated carbocycles. The Hall–Kier alpha value is -1.10. The van der Waals surface area contributed by atoms with Crippen LogP contribution in [0, 0.1) is 0 Å². The molecule has 0 aromatic rings. The predicted molar refractivity (Wildman–Crippen MR) is 75.9 cm³/mol. The zero-order chi connectivity index (χ0) is 13.4. The topological polar surface area (TPSA) is 49.9 Å². The molecule has 0 spiro atoms. The van der Waals surface area contributed by atoms with Gasteiger partial charge in [-0.3, -0.25) is 9.59 Å². The van der Waals surface area contributed by atoms with E-state index in [4.69, 9.17) is 4.74 Å². The third kappa shape index (κ3) is 7.15. The van der Waals surface area contributed by atoms with Gasteiger partial charge < -0.3 is 14.5 Å². The van der Waals surface area contributed by atoms with E-state index < -0.39 is 0 Å². The quantitative estimate of drug-likeness (QED) is 0.672. The molecule has 2 saturated heterocycles. The standard InChI is InChI=1S/C7H13NO.C6H11NO2.CH4/c1-7(9)8-5-3-2-4-6-8;1-6(8)7-2-4-9-5-3-7;/h2-6H2,1H3;2-5H2,1H3;1H4. The lowest BCUT2D eigenvalue weighted by Gasteiger charge is -2.25. The van der Waals surface area contributed by atoms with E-state index in [0.29, 0.717) is 13.2 Å². The number of piperidine rings is 1. The summed E-state index contributed by atoms with van der Waals surface area (Å²) in [5.74, 6) is 0.382. The zero-order valence-electron chi connectivity index (χ0n) is 11.5. The van der Waals surface area contributed by atoms with E-state index >= 15 is 0 Å². The number of amides is 2. The van der Waals surface area contributed by atoms with Crippen molar-refractivity contribution in [3.63, 3.8) is 0 Å². The number of morpholine rings is 1. The van der Waals surface area contributed by atoms with Crippen molar-refractivity contribution >= 4 is 11.8 Å². The lowest BCUT2D eigenvalue weighted by Crippen LogP contribution is -2.39. The van der Waals surface area contributed by atoms with Crippen molar-refractivity contribution < 1.29 is 14.3 Å². The van der Waals surface area contributed by atoms with E-state index in [9.17, 15) is 9.59 Å². The van der Waals surface area contributed by atoms with Crippen molar-refractivity contribution in [2.45, 2.75) is 40.5 Å². The highest BCUT2D eigenvalue weighted by atomic mass is 16.5. The van der Waals surface area contributed by atoms with Crippen LogP contribution in [0.1, 0.15) is 40.5 Å². The van der Waals surface area contributed by atoms with Crippen LogP contribution < -0.4 is 0 Å². The van der Waals surface area contributed by atoms with Crippen molar-refractivity contribution in [3.05, 3.63) is 0 Å². The summed E-state index contributed by atoms with van der Waals surface area (Å²) in [6.07, 6.45) is 3.68. The Morgan fingerprint density at radius 1 is 0.789 bits per heavy atom. The summed E-state index contributed by atoms with van der Waals surface area (Å²) in [4.78, 5) is 25.1. The van der Waals surface area contributed by atoms with Crippen LogP contribution >= 0.6 is 0 Å². The molecule has 2 aliphatic rings. The average molecular weight is 272 g/mol. The molecule has 0 atom stereocenters. The van der Waals surface area contributed by atoms with Crippen LogP contribution in [0.3, 0.4) is 0 Å². The minimum absolute atomic E-state index is 0. The molecule has 112 valence electrons. The Bertz CT molecular complexity index is 242. The van der Waals surface area contributed by atoms with Gasteiger partial charge in [-0.1, -0.05) is 7.43 Å². The van der Waals surface area contributed by atoms with Crippen LogP contribution in [0.5, 0.6) is 0 Å². The molecule has 0 unspecified atom stereocenters. The van der Waals surface area contributed by atoms with Gasteiger partial charge in [-0.05, 0) is 19.3 Å². The van der Waals surface area contributed by atoms with Crippen molar-refractivity contribution in [1.82, 2.24) is 9.80 Å². The molecule has 5 heteroatoms. The molecule has 2 heterocycles. The molecule has 0 aliphatic carbocycles. The second-order valence-corrected chi connectivity index (χ2v) is 4.69. The number of carbonyl (C=O) groups excluding carboxylic acids is 2. The normalized spacial score (nSPS) is 18.8. The fourth-order valence-electron chi connectivity index (χ4n) is 2.09. The Morgan fingerprint density at radius 2 is 1.21 bits per heavy atom. The lowest BCUT2D eigenvalue weighted by atomic mass is 10.1. The van der Waals surface area contributed by atoms with Gasteiger partial charge >= 0.3 is 0 Å². The van der Waals surface area contributed by atoms with Crippen molar-refractivity contribution in [3.8, 4) is 0 Å². The molecular formula is C14H28N2O3. The van der Waals surface area contributed by atoms with E-state index in [1.54, 1.807) is 18.7 Å². The number of likely N-dealkylation sites (tertiary alicyclic amines) is 1. The Balaban J connectivity index is 0.000000324. The highest BCUT2D eigenvalue weighted by Gasteiger charge is 2.11. The van der Waals surface area contributed by atoms with Crippen LogP contribution in [-0.2, 0) is 14.3 Å². The van der Waals surface area contributed by atoms with Crippen LogP contribution in [0.15, 0.2) is 0 Å². The number of ether oxygens (including phenoxy) is 1. The monoisotopic (exact) mass is 272 g/mol. The maximum absolute atomic E-state index is 10.7. The molecule has 0 bridgehead atoms. The van der Waals surface area contributed by atoms with E-state index in [0.717, 1.165) is 26.2 Å². The first kappa shape index (κ1) is 17.9. The second-order valence-electron chi connectivity index (χ2n) is 4.69. The number of hydrogen-bond acceptors (Lipinski definition) is 3. The molecule has 2 fully saturated rings. The van der Waals surface area contributed by atoms with Gasteiger partial charge in [-0.25, -0.2) is 0 Å². The van der Waals surface area contributed by atoms with Gasteiger partial charge in [0.15, 0.2) is 0 Å². The molecule has 19 heavy (non-hydrogen) atoms. The van der Waals surface area contributed by atoms with Gasteiger partial charge in [0.1, 0.15) is 0 Å². The van der Waals surface area contributed by atoms with Gasteiger partial charge in [-0.15, -0.1) is 0 Å². The molecule has 2 amide bonds. The summed E-state index contributed by atoms with van der Waals surface area (Å²) in [6.45, 7) is 8.10. The summed E-state index contributed by atoms with van der Waals surface area (Å²) < 4.78 is 5.06.